The van der Waals surface area contributed by atoms with Crippen molar-refractivity contribution >= 4 is 28.5 Å². The number of ether oxygens (including phenoxy) is 1. The summed E-state index contributed by atoms with van der Waals surface area (Å²) in [7, 11) is 0. The van der Waals surface area contributed by atoms with Gasteiger partial charge in [-0.3, -0.25) is 10.1 Å². The van der Waals surface area contributed by atoms with E-state index in [1.807, 2.05) is 35.7 Å². The standard InChI is InChI=1S/C14H12N2O2S/c17-13(16-14-15-6-8-19-14)11-5-7-18-12-4-2-1-3-10(12)9-11/h1-4,6,8-9H,5,7H2,(H,15,16,17). The number of para-hydroxylation sites is 1. The zero-order valence-corrected chi connectivity index (χ0v) is 10.9. The van der Waals surface area contributed by atoms with Gasteiger partial charge in [-0.15, -0.1) is 11.3 Å². The Bertz CT molecular complexity index is 620. The zero-order chi connectivity index (χ0) is 13.1. The molecule has 0 aliphatic carbocycles. The molecule has 96 valence electrons. The summed E-state index contributed by atoms with van der Waals surface area (Å²) < 4.78 is 5.62. The van der Waals surface area contributed by atoms with Gasteiger partial charge < -0.3 is 4.74 Å². The number of carbonyl (C=O) groups excluding carboxylic acids is 1. The van der Waals surface area contributed by atoms with Crippen LogP contribution in [0.1, 0.15) is 12.0 Å². The van der Waals surface area contributed by atoms with E-state index in [2.05, 4.69) is 10.3 Å². The molecule has 0 atom stereocenters. The van der Waals surface area contributed by atoms with Crippen LogP contribution >= 0.6 is 11.3 Å². The molecule has 0 radical (unpaired) electrons. The predicted molar refractivity (Wildman–Crippen MR) is 75.3 cm³/mol. The lowest BCUT2D eigenvalue weighted by atomic mass is 10.1. The number of carbonyl (C=O) groups is 1. The summed E-state index contributed by atoms with van der Waals surface area (Å²) in [6.07, 6.45) is 4.14. The molecule has 0 saturated carbocycles. The quantitative estimate of drug-likeness (QED) is 0.914. The highest BCUT2D eigenvalue weighted by Gasteiger charge is 2.15. The van der Waals surface area contributed by atoms with Gasteiger partial charge in [0.25, 0.3) is 5.91 Å². The molecule has 3 rings (SSSR count). The Kier molecular flexibility index (Phi) is 3.29. The molecule has 2 heterocycles. The SMILES string of the molecule is O=C(Nc1nccs1)C1=Cc2ccccc2OCC1. The normalized spacial score (nSPS) is 13.8. The van der Waals surface area contributed by atoms with Crippen molar-refractivity contribution in [3.8, 4) is 5.75 Å². The Morgan fingerprint density at radius 1 is 1.37 bits per heavy atom. The summed E-state index contributed by atoms with van der Waals surface area (Å²) in [5.74, 6) is 0.704. The van der Waals surface area contributed by atoms with Crippen LogP contribution in [0.4, 0.5) is 5.13 Å². The Labute approximate surface area is 114 Å². The van der Waals surface area contributed by atoms with Crippen LogP contribution in [0.5, 0.6) is 5.75 Å². The number of nitrogens with zero attached hydrogens (tertiary/aromatic N) is 1. The van der Waals surface area contributed by atoms with Gasteiger partial charge in [0.2, 0.25) is 0 Å². The number of hydrogen-bond donors (Lipinski definition) is 1. The summed E-state index contributed by atoms with van der Waals surface area (Å²) in [5, 5.41) is 5.24. The first-order valence-electron chi connectivity index (χ1n) is 5.96. The summed E-state index contributed by atoms with van der Waals surface area (Å²) >= 11 is 1.40. The number of nitrogens with one attached hydrogen (secondary N) is 1. The summed E-state index contributed by atoms with van der Waals surface area (Å²) in [6, 6.07) is 7.71. The molecular formula is C14H12N2O2S. The first-order chi connectivity index (χ1) is 9.33. The van der Waals surface area contributed by atoms with Crippen LogP contribution in [0.15, 0.2) is 41.4 Å². The van der Waals surface area contributed by atoms with E-state index in [9.17, 15) is 4.79 Å². The van der Waals surface area contributed by atoms with Crippen molar-refractivity contribution in [1.29, 1.82) is 0 Å². The highest BCUT2D eigenvalue weighted by Crippen LogP contribution is 2.26. The van der Waals surface area contributed by atoms with Crippen LogP contribution in [0.25, 0.3) is 6.08 Å². The van der Waals surface area contributed by atoms with E-state index < -0.39 is 0 Å². The van der Waals surface area contributed by atoms with Crippen LogP contribution in [-0.4, -0.2) is 17.5 Å². The second-order valence-electron chi connectivity index (χ2n) is 4.10. The Morgan fingerprint density at radius 3 is 3.11 bits per heavy atom. The molecule has 0 bridgehead atoms. The van der Waals surface area contributed by atoms with Crippen LogP contribution in [-0.2, 0) is 4.79 Å². The molecule has 0 saturated heterocycles. The van der Waals surface area contributed by atoms with E-state index in [-0.39, 0.29) is 5.91 Å². The molecule has 0 spiro atoms. The van der Waals surface area contributed by atoms with Gasteiger partial charge in [0.05, 0.1) is 6.61 Å². The van der Waals surface area contributed by atoms with Crippen molar-refractivity contribution in [2.45, 2.75) is 6.42 Å². The Balaban J connectivity index is 1.84. The van der Waals surface area contributed by atoms with Crippen molar-refractivity contribution in [3.63, 3.8) is 0 Å². The molecular weight excluding hydrogens is 260 g/mol. The third kappa shape index (κ3) is 2.66. The van der Waals surface area contributed by atoms with E-state index in [1.165, 1.54) is 11.3 Å². The second-order valence-corrected chi connectivity index (χ2v) is 4.99. The molecule has 1 aliphatic heterocycles. The van der Waals surface area contributed by atoms with Gasteiger partial charge in [0.15, 0.2) is 5.13 Å². The monoisotopic (exact) mass is 272 g/mol. The third-order valence-corrected chi connectivity index (χ3v) is 3.51. The molecule has 1 aromatic heterocycles. The van der Waals surface area contributed by atoms with Gasteiger partial charge in [-0.1, -0.05) is 18.2 Å². The minimum atomic E-state index is -0.116. The Morgan fingerprint density at radius 2 is 2.26 bits per heavy atom. The maximum absolute atomic E-state index is 12.2. The number of amides is 1. The molecule has 2 aromatic rings. The number of fused-ring (bicyclic) bond motifs is 1. The fraction of sp³-hybridized carbons (Fsp3) is 0.143. The predicted octanol–water partition coefficient (Wildman–Crippen LogP) is 2.95. The molecule has 19 heavy (non-hydrogen) atoms. The zero-order valence-electron chi connectivity index (χ0n) is 10.1. The first kappa shape index (κ1) is 11.9. The molecule has 1 N–H and O–H groups in total. The summed E-state index contributed by atoms with van der Waals surface area (Å²) in [4.78, 5) is 16.2. The van der Waals surface area contributed by atoms with Crippen LogP contribution in [0.2, 0.25) is 0 Å². The van der Waals surface area contributed by atoms with Crippen LogP contribution in [0, 0.1) is 0 Å². The fourth-order valence-corrected chi connectivity index (χ4v) is 2.43. The topological polar surface area (TPSA) is 51.2 Å². The van der Waals surface area contributed by atoms with E-state index in [0.717, 1.165) is 11.3 Å². The van der Waals surface area contributed by atoms with Crippen molar-refractivity contribution < 1.29 is 9.53 Å². The third-order valence-electron chi connectivity index (χ3n) is 2.82. The summed E-state index contributed by atoms with van der Waals surface area (Å²) in [5.41, 5.74) is 1.64. The van der Waals surface area contributed by atoms with E-state index in [1.54, 1.807) is 6.20 Å². The van der Waals surface area contributed by atoms with Gasteiger partial charge >= 0.3 is 0 Å². The second kappa shape index (κ2) is 5.24. The number of benzene rings is 1. The van der Waals surface area contributed by atoms with Crippen molar-refractivity contribution in [2.24, 2.45) is 0 Å². The van der Waals surface area contributed by atoms with Crippen molar-refractivity contribution in [3.05, 3.63) is 47.0 Å². The average molecular weight is 272 g/mol. The lowest BCUT2D eigenvalue weighted by Crippen LogP contribution is -2.15. The number of rotatable bonds is 2. The van der Waals surface area contributed by atoms with Gasteiger partial charge in [0.1, 0.15) is 5.75 Å². The van der Waals surface area contributed by atoms with E-state index in [0.29, 0.717) is 23.7 Å². The number of hydrogen-bond acceptors (Lipinski definition) is 4. The fourth-order valence-electron chi connectivity index (χ4n) is 1.90. The lowest BCUT2D eigenvalue weighted by Gasteiger charge is -2.04. The number of thiazole rings is 1. The van der Waals surface area contributed by atoms with Gasteiger partial charge in [-0.05, 0) is 12.1 Å². The van der Waals surface area contributed by atoms with Crippen molar-refractivity contribution in [2.75, 3.05) is 11.9 Å². The van der Waals surface area contributed by atoms with E-state index in [4.69, 9.17) is 4.74 Å². The molecule has 1 aromatic carbocycles. The number of aromatic nitrogens is 1. The van der Waals surface area contributed by atoms with Crippen LogP contribution in [0.3, 0.4) is 0 Å². The minimum Gasteiger partial charge on any atom is -0.493 e. The van der Waals surface area contributed by atoms with Gasteiger partial charge in [-0.2, -0.15) is 0 Å². The molecule has 0 unspecified atom stereocenters. The number of anilines is 1. The molecule has 1 aliphatic rings. The van der Waals surface area contributed by atoms with Crippen LogP contribution < -0.4 is 10.1 Å². The highest BCUT2D eigenvalue weighted by molar-refractivity contribution is 7.13. The van der Waals surface area contributed by atoms with Gasteiger partial charge in [0, 0.05) is 29.1 Å². The van der Waals surface area contributed by atoms with Crippen molar-refractivity contribution in [1.82, 2.24) is 4.98 Å². The minimum absolute atomic E-state index is 0.116. The smallest absolute Gasteiger partial charge is 0.253 e. The highest BCUT2D eigenvalue weighted by atomic mass is 32.1. The maximum Gasteiger partial charge on any atom is 0.253 e. The lowest BCUT2D eigenvalue weighted by molar-refractivity contribution is -0.113. The largest absolute Gasteiger partial charge is 0.493 e. The van der Waals surface area contributed by atoms with Gasteiger partial charge in [-0.25, -0.2) is 4.98 Å². The molecule has 1 amide bonds. The maximum atomic E-state index is 12.2. The summed E-state index contributed by atoms with van der Waals surface area (Å²) in [6.45, 7) is 0.508. The molecule has 4 nitrogen and oxygen atoms in total. The Hall–Kier alpha value is -2.14. The average Bonchev–Trinajstić information content (AvgIpc) is 2.82. The molecule has 5 heteroatoms. The first-order valence-corrected chi connectivity index (χ1v) is 6.84. The molecule has 0 fully saturated rings. The van der Waals surface area contributed by atoms with E-state index >= 15 is 0 Å².